The Morgan fingerprint density at radius 1 is 0.621 bits per heavy atom. The molecule has 58 heavy (non-hydrogen) atoms. The van der Waals surface area contributed by atoms with E-state index in [9.17, 15) is 5.11 Å². The van der Waals surface area contributed by atoms with Crippen LogP contribution in [0, 0.1) is 13.8 Å². The number of nitrogens with one attached hydrogen (secondary N) is 1. The Morgan fingerprint density at radius 2 is 1.22 bits per heavy atom. The van der Waals surface area contributed by atoms with Gasteiger partial charge in [-0.05, 0) is 103 Å². The zero-order valence-corrected chi connectivity index (χ0v) is 32.9. The number of methoxy groups -OCH3 is 2. The fraction of sp³-hybridized carbons (Fsp3) is 0.128. The van der Waals surface area contributed by atoms with Gasteiger partial charge in [0.25, 0.3) is 0 Å². The van der Waals surface area contributed by atoms with Crippen LogP contribution in [-0.2, 0) is 18.7 Å². The Labute approximate surface area is 340 Å². The third-order valence-electron chi connectivity index (χ3n) is 8.25. The van der Waals surface area contributed by atoms with Crippen molar-refractivity contribution >= 4 is 74.7 Å². The molecule has 0 bridgehead atoms. The minimum atomic E-state index is -0.176. The van der Waals surface area contributed by atoms with Crippen LogP contribution in [0.1, 0.15) is 11.1 Å². The summed E-state index contributed by atoms with van der Waals surface area (Å²) in [5, 5.41) is 66.7. The summed E-state index contributed by atoms with van der Waals surface area (Å²) in [6, 6.07) is 30.3. The normalized spacial score (nSPS) is 11.6. The van der Waals surface area contributed by atoms with Crippen molar-refractivity contribution in [3.05, 3.63) is 114 Å². The van der Waals surface area contributed by atoms with E-state index in [4.69, 9.17) is 29.1 Å². The molecule has 0 aliphatic heterocycles. The van der Waals surface area contributed by atoms with Gasteiger partial charge in [-0.1, -0.05) is 28.3 Å². The highest BCUT2D eigenvalue weighted by Crippen LogP contribution is 2.46. The monoisotopic (exact) mass is 825 g/mol. The molecule has 17 nitrogen and oxygen atoms in total. The first kappa shape index (κ1) is 41.5. The van der Waals surface area contributed by atoms with E-state index in [-0.39, 0.29) is 18.2 Å². The Kier molecular flexibility index (Phi) is 14.5. The number of benzene rings is 6. The summed E-state index contributed by atoms with van der Waals surface area (Å²) in [6.45, 7) is 3.91. The van der Waals surface area contributed by atoms with Gasteiger partial charge in [0.15, 0.2) is 12.5 Å². The summed E-state index contributed by atoms with van der Waals surface area (Å²) in [6.07, 6.45) is 0. The highest BCUT2D eigenvalue weighted by atomic mass is 32.2. The molecule has 0 spiro atoms. The summed E-state index contributed by atoms with van der Waals surface area (Å²) < 4.78 is 26.1. The number of phenolic OH excluding ortho intramolecular Hbond substituents is 1. The number of fused-ring (bicyclic) bond motifs is 1. The zero-order valence-electron chi connectivity index (χ0n) is 31.2. The van der Waals surface area contributed by atoms with Gasteiger partial charge in [-0.3, -0.25) is 0 Å². The number of para-hydroxylation sites is 1. The van der Waals surface area contributed by atoms with E-state index < -0.39 is 0 Å². The third-order valence-corrected chi connectivity index (χ3v) is 9.47. The lowest BCUT2D eigenvalue weighted by atomic mass is 10.1. The predicted octanol–water partition coefficient (Wildman–Crippen LogP) is 12.7. The van der Waals surface area contributed by atoms with Crippen molar-refractivity contribution < 1.29 is 48.6 Å². The fourth-order valence-corrected chi connectivity index (χ4v) is 6.21. The number of aryl methyl sites for hydroxylation is 2. The van der Waals surface area contributed by atoms with E-state index in [0.717, 1.165) is 29.0 Å². The van der Waals surface area contributed by atoms with Gasteiger partial charge >= 0.3 is 0 Å². The van der Waals surface area contributed by atoms with E-state index in [1.165, 1.54) is 14.2 Å². The molecule has 0 fully saturated rings. The summed E-state index contributed by atoms with van der Waals surface area (Å²) in [4.78, 5) is 0.992. The Balaban J connectivity index is 1.21. The van der Waals surface area contributed by atoms with E-state index in [1.54, 1.807) is 66.7 Å². The first-order chi connectivity index (χ1) is 28.3. The Hall–Kier alpha value is -6.16. The standard InChI is InChI=1S/C39H35N7O10S2/c1-23-16-33(35(50-3)20-31(23)42-41-26-10-13-29(14-11-26)57-55-53-48)44-43-32-21-36(51-4)34(17-24(32)2)45-46-38-37(58-56-54-49)19-25-18-27(12-15-30(25)39(38)47)40-22-52-28-8-6-5-7-9-28/h5-21,40,47-49H,22H2,1-4H3. The second-order valence-corrected chi connectivity index (χ2v) is 13.5. The molecule has 6 rings (SSSR count). The molecule has 298 valence electrons. The molecule has 0 heterocycles. The molecule has 0 aromatic heterocycles. The number of anilines is 1. The molecule has 4 N–H and O–H groups in total. The van der Waals surface area contributed by atoms with Crippen LogP contribution in [0.15, 0.2) is 144 Å². The molecule has 0 atom stereocenters. The van der Waals surface area contributed by atoms with Gasteiger partial charge in [-0.25, -0.2) is 10.5 Å². The van der Waals surface area contributed by atoms with Gasteiger partial charge < -0.3 is 24.6 Å². The van der Waals surface area contributed by atoms with Crippen LogP contribution in [0.4, 0.5) is 39.8 Å². The first-order valence-electron chi connectivity index (χ1n) is 17.0. The molecular formula is C39H35N7O10S2. The van der Waals surface area contributed by atoms with Gasteiger partial charge in [0.2, 0.25) is 0 Å². The molecule has 6 aromatic carbocycles. The lowest BCUT2D eigenvalue weighted by Crippen LogP contribution is -2.08. The van der Waals surface area contributed by atoms with Gasteiger partial charge in [-0.2, -0.15) is 15.3 Å². The van der Waals surface area contributed by atoms with Crippen molar-refractivity contribution in [3.63, 3.8) is 0 Å². The van der Waals surface area contributed by atoms with Crippen LogP contribution in [0.5, 0.6) is 23.0 Å². The van der Waals surface area contributed by atoms with Crippen molar-refractivity contribution in [1.82, 2.24) is 0 Å². The maximum atomic E-state index is 11.4. The Morgan fingerprint density at radius 3 is 1.86 bits per heavy atom. The molecule has 0 saturated carbocycles. The predicted molar refractivity (Wildman–Crippen MR) is 217 cm³/mol. The fourth-order valence-electron chi connectivity index (χ4n) is 5.36. The molecule has 6 aromatic rings. The van der Waals surface area contributed by atoms with E-state index in [1.807, 2.05) is 50.2 Å². The van der Waals surface area contributed by atoms with Crippen LogP contribution in [0.3, 0.4) is 0 Å². The number of azo groups is 3. The van der Waals surface area contributed by atoms with Crippen LogP contribution in [-0.4, -0.2) is 36.6 Å². The van der Waals surface area contributed by atoms with Gasteiger partial charge in [0.05, 0.1) is 60.3 Å². The van der Waals surface area contributed by atoms with Crippen molar-refractivity contribution in [2.75, 3.05) is 26.3 Å². The smallest absolute Gasteiger partial charge is 0.159 e. The van der Waals surface area contributed by atoms with Crippen LogP contribution in [0.2, 0.25) is 0 Å². The molecule has 0 saturated heterocycles. The lowest BCUT2D eigenvalue weighted by molar-refractivity contribution is -0.432. The largest absolute Gasteiger partial charge is 0.505 e. The van der Waals surface area contributed by atoms with Gasteiger partial charge in [0.1, 0.15) is 34.3 Å². The number of hydrogen-bond donors (Lipinski definition) is 4. The van der Waals surface area contributed by atoms with Crippen LogP contribution in [0.25, 0.3) is 10.8 Å². The minimum absolute atomic E-state index is 0.0634. The quantitative estimate of drug-likeness (QED) is 0.0209. The first-order valence-corrected chi connectivity index (χ1v) is 18.5. The maximum Gasteiger partial charge on any atom is 0.159 e. The van der Waals surface area contributed by atoms with Crippen molar-refractivity contribution in [1.29, 1.82) is 0 Å². The second-order valence-electron chi connectivity index (χ2n) is 12.0. The number of phenols is 1. The van der Waals surface area contributed by atoms with Crippen LogP contribution >= 0.6 is 24.1 Å². The van der Waals surface area contributed by atoms with E-state index >= 15 is 0 Å². The molecule has 0 radical (unpaired) electrons. The molecule has 0 unspecified atom stereocenters. The van der Waals surface area contributed by atoms with E-state index in [2.05, 4.69) is 50.4 Å². The number of aromatic hydroxyl groups is 1. The van der Waals surface area contributed by atoms with Crippen molar-refractivity contribution in [2.45, 2.75) is 23.6 Å². The SMILES string of the molecule is COc1cc(N=Nc2ccc(SOOO)cc2)c(C)cc1N=Nc1cc(OC)c(N=Nc2c(SOOO)cc3cc(NCOc4ccccc4)ccc3c2O)cc1C. The van der Waals surface area contributed by atoms with Crippen LogP contribution < -0.4 is 19.5 Å². The number of ether oxygens (including phenoxy) is 3. The summed E-state index contributed by atoms with van der Waals surface area (Å²) in [5.41, 5.74) is 4.74. The number of rotatable bonds is 18. The molecular weight excluding hydrogens is 791 g/mol. The summed E-state index contributed by atoms with van der Waals surface area (Å²) in [7, 11) is 3.00. The zero-order chi connectivity index (χ0) is 40.9. The summed E-state index contributed by atoms with van der Waals surface area (Å²) in [5.74, 6) is 1.30. The highest BCUT2D eigenvalue weighted by molar-refractivity contribution is 7.94. The second kappa shape index (κ2) is 20.3. The summed E-state index contributed by atoms with van der Waals surface area (Å²) >= 11 is 1.48. The van der Waals surface area contributed by atoms with Crippen molar-refractivity contribution in [3.8, 4) is 23.0 Å². The number of nitrogens with zero attached hydrogens (tertiary/aromatic N) is 6. The minimum Gasteiger partial charge on any atom is -0.505 e. The molecule has 0 amide bonds. The maximum absolute atomic E-state index is 11.4. The molecule has 19 heteroatoms. The van der Waals surface area contributed by atoms with Gasteiger partial charge in [0, 0.05) is 28.1 Å². The lowest BCUT2D eigenvalue weighted by Gasteiger charge is -2.12. The Bertz CT molecular complexity index is 2440. The third kappa shape index (κ3) is 10.6. The average Bonchev–Trinajstić information content (AvgIpc) is 3.24. The number of hydrogen-bond acceptors (Lipinski definition) is 19. The van der Waals surface area contributed by atoms with Crippen molar-refractivity contribution in [2.24, 2.45) is 30.7 Å². The highest BCUT2D eigenvalue weighted by Gasteiger charge is 2.17. The van der Waals surface area contributed by atoms with E-state index in [0.29, 0.717) is 78.1 Å². The van der Waals surface area contributed by atoms with Gasteiger partial charge in [-0.15, -0.1) is 24.0 Å². The molecule has 0 aliphatic carbocycles. The topological polar surface area (TPSA) is 211 Å². The molecule has 0 aliphatic rings. The average molecular weight is 826 g/mol.